The van der Waals surface area contributed by atoms with Gasteiger partial charge in [-0.2, -0.15) is 0 Å². The van der Waals surface area contributed by atoms with E-state index < -0.39 is 29.2 Å². The molecule has 2 amide bonds. The molecular formula is C14H20N2O5. The molecule has 0 fully saturated rings. The minimum Gasteiger partial charge on any atom is -0.480 e. The van der Waals surface area contributed by atoms with Crippen molar-refractivity contribution in [1.82, 2.24) is 10.6 Å². The number of amides is 2. The average molecular weight is 296 g/mol. The van der Waals surface area contributed by atoms with Crippen molar-refractivity contribution in [2.75, 3.05) is 6.54 Å². The van der Waals surface area contributed by atoms with Gasteiger partial charge in [-0.1, -0.05) is 20.8 Å². The Morgan fingerprint density at radius 3 is 2.48 bits per heavy atom. The van der Waals surface area contributed by atoms with Crippen molar-refractivity contribution in [3.8, 4) is 0 Å². The Morgan fingerprint density at radius 1 is 1.33 bits per heavy atom. The van der Waals surface area contributed by atoms with E-state index in [1.807, 2.05) is 0 Å². The summed E-state index contributed by atoms with van der Waals surface area (Å²) >= 11 is 0. The van der Waals surface area contributed by atoms with Gasteiger partial charge in [-0.05, 0) is 17.5 Å². The quantitative estimate of drug-likeness (QED) is 0.726. The van der Waals surface area contributed by atoms with E-state index in [9.17, 15) is 14.4 Å². The van der Waals surface area contributed by atoms with E-state index in [0.29, 0.717) is 0 Å². The van der Waals surface area contributed by atoms with Crippen LogP contribution < -0.4 is 10.6 Å². The molecule has 7 nitrogen and oxygen atoms in total. The zero-order valence-corrected chi connectivity index (χ0v) is 12.3. The van der Waals surface area contributed by atoms with Crippen LogP contribution in [0.15, 0.2) is 22.8 Å². The predicted octanol–water partition coefficient (Wildman–Crippen LogP) is 1.01. The second-order valence-electron chi connectivity index (χ2n) is 5.69. The minimum absolute atomic E-state index is 0.00763. The molecular weight excluding hydrogens is 276 g/mol. The Labute approximate surface area is 122 Å². The zero-order valence-electron chi connectivity index (χ0n) is 12.3. The van der Waals surface area contributed by atoms with Crippen molar-refractivity contribution in [3.05, 3.63) is 24.2 Å². The maximum atomic E-state index is 11.7. The fourth-order valence-electron chi connectivity index (χ4n) is 1.67. The third-order valence-electron chi connectivity index (χ3n) is 2.80. The number of hydrogen-bond donors (Lipinski definition) is 3. The highest BCUT2D eigenvalue weighted by Crippen LogP contribution is 2.19. The number of rotatable bonds is 6. The molecule has 0 radical (unpaired) electrons. The summed E-state index contributed by atoms with van der Waals surface area (Å²) in [4.78, 5) is 34.4. The fourth-order valence-corrected chi connectivity index (χ4v) is 1.67. The van der Waals surface area contributed by atoms with Gasteiger partial charge < -0.3 is 20.2 Å². The van der Waals surface area contributed by atoms with Gasteiger partial charge in [0.25, 0.3) is 5.91 Å². The van der Waals surface area contributed by atoms with Crippen LogP contribution in [-0.2, 0) is 9.59 Å². The standard InChI is InChI=1S/C14H20N2O5/c1-14(2,3)11(13(19)20)16-10(17)6-7-15-12(18)9-5-4-8-21-9/h4-5,8,11H,6-7H2,1-3H3,(H,15,18)(H,16,17)(H,19,20). The summed E-state index contributed by atoms with van der Waals surface area (Å²) in [7, 11) is 0. The molecule has 0 aliphatic carbocycles. The van der Waals surface area contributed by atoms with Crippen molar-refractivity contribution in [2.45, 2.75) is 33.2 Å². The second-order valence-corrected chi connectivity index (χ2v) is 5.69. The molecule has 0 spiro atoms. The highest BCUT2D eigenvalue weighted by molar-refractivity contribution is 5.91. The number of carboxylic acids is 1. The molecule has 0 saturated heterocycles. The van der Waals surface area contributed by atoms with Crippen LogP contribution in [0.3, 0.4) is 0 Å². The highest BCUT2D eigenvalue weighted by atomic mass is 16.4. The molecule has 21 heavy (non-hydrogen) atoms. The van der Waals surface area contributed by atoms with Crippen molar-refractivity contribution in [2.24, 2.45) is 5.41 Å². The average Bonchev–Trinajstić information content (AvgIpc) is 2.87. The van der Waals surface area contributed by atoms with Gasteiger partial charge >= 0.3 is 5.97 Å². The maximum Gasteiger partial charge on any atom is 0.326 e. The molecule has 1 aromatic rings. The van der Waals surface area contributed by atoms with Crippen LogP contribution in [0, 0.1) is 5.41 Å². The number of aliphatic carboxylic acids is 1. The fraction of sp³-hybridized carbons (Fsp3) is 0.500. The van der Waals surface area contributed by atoms with Crippen LogP contribution >= 0.6 is 0 Å². The van der Waals surface area contributed by atoms with Gasteiger partial charge in [0.1, 0.15) is 6.04 Å². The summed E-state index contributed by atoms with van der Waals surface area (Å²) in [6.45, 7) is 5.28. The topological polar surface area (TPSA) is 109 Å². The summed E-state index contributed by atoms with van der Waals surface area (Å²) in [5.41, 5.74) is -0.598. The van der Waals surface area contributed by atoms with Crippen LogP contribution in [0.5, 0.6) is 0 Å². The van der Waals surface area contributed by atoms with Gasteiger partial charge in [0.15, 0.2) is 5.76 Å². The lowest BCUT2D eigenvalue weighted by molar-refractivity contribution is -0.144. The molecule has 0 saturated carbocycles. The zero-order chi connectivity index (χ0) is 16.0. The maximum absolute atomic E-state index is 11.7. The molecule has 7 heteroatoms. The SMILES string of the molecule is CC(C)(C)C(NC(=O)CCNC(=O)c1ccco1)C(=O)O. The monoisotopic (exact) mass is 296 g/mol. The molecule has 0 aliphatic heterocycles. The first kappa shape index (κ1) is 16.7. The van der Waals surface area contributed by atoms with Crippen molar-refractivity contribution < 1.29 is 23.9 Å². The number of carboxylic acid groups (broad SMARTS) is 1. The van der Waals surface area contributed by atoms with E-state index in [2.05, 4.69) is 10.6 Å². The molecule has 0 aliphatic rings. The second kappa shape index (κ2) is 6.92. The molecule has 1 atom stereocenters. The van der Waals surface area contributed by atoms with Crippen LogP contribution in [0.25, 0.3) is 0 Å². The molecule has 1 rings (SSSR count). The molecule has 1 heterocycles. The Bertz CT molecular complexity index is 502. The number of carbonyl (C=O) groups excluding carboxylic acids is 2. The van der Waals surface area contributed by atoms with Crippen LogP contribution in [0.1, 0.15) is 37.7 Å². The summed E-state index contributed by atoms with van der Waals surface area (Å²) in [5.74, 6) is -1.78. The van der Waals surface area contributed by atoms with Gasteiger partial charge in [-0.3, -0.25) is 9.59 Å². The lowest BCUT2D eigenvalue weighted by Crippen LogP contribution is -2.49. The first-order chi connectivity index (χ1) is 9.71. The lowest BCUT2D eigenvalue weighted by atomic mass is 9.86. The van der Waals surface area contributed by atoms with Gasteiger partial charge in [-0.25, -0.2) is 4.79 Å². The van der Waals surface area contributed by atoms with Crippen molar-refractivity contribution in [3.63, 3.8) is 0 Å². The van der Waals surface area contributed by atoms with Crippen molar-refractivity contribution >= 4 is 17.8 Å². The number of furan rings is 1. The van der Waals surface area contributed by atoms with Crippen LogP contribution in [0.4, 0.5) is 0 Å². The van der Waals surface area contributed by atoms with E-state index >= 15 is 0 Å². The van der Waals surface area contributed by atoms with E-state index in [1.165, 1.54) is 12.3 Å². The largest absolute Gasteiger partial charge is 0.480 e. The number of hydrogen-bond acceptors (Lipinski definition) is 4. The van der Waals surface area contributed by atoms with Gasteiger partial charge in [-0.15, -0.1) is 0 Å². The Morgan fingerprint density at radius 2 is 2.00 bits per heavy atom. The minimum atomic E-state index is -1.09. The summed E-state index contributed by atoms with van der Waals surface area (Å²) in [6, 6.07) is 2.11. The van der Waals surface area contributed by atoms with E-state index in [0.717, 1.165) is 0 Å². The van der Waals surface area contributed by atoms with Gasteiger partial charge in [0.2, 0.25) is 5.91 Å². The summed E-state index contributed by atoms with van der Waals surface area (Å²) in [6.07, 6.45) is 1.37. The third-order valence-corrected chi connectivity index (χ3v) is 2.80. The van der Waals surface area contributed by atoms with Crippen molar-refractivity contribution in [1.29, 1.82) is 0 Å². The van der Waals surface area contributed by atoms with E-state index in [1.54, 1.807) is 26.8 Å². The normalized spacial score (nSPS) is 12.5. The summed E-state index contributed by atoms with van der Waals surface area (Å²) < 4.78 is 4.90. The lowest BCUT2D eigenvalue weighted by Gasteiger charge is -2.27. The van der Waals surface area contributed by atoms with E-state index in [-0.39, 0.29) is 18.7 Å². The smallest absolute Gasteiger partial charge is 0.326 e. The molecule has 3 N–H and O–H groups in total. The van der Waals surface area contributed by atoms with E-state index in [4.69, 9.17) is 9.52 Å². The predicted molar refractivity (Wildman–Crippen MR) is 74.7 cm³/mol. The Kier molecular flexibility index (Phi) is 5.52. The first-order valence-electron chi connectivity index (χ1n) is 6.55. The van der Waals surface area contributed by atoms with Crippen LogP contribution in [0.2, 0.25) is 0 Å². The third kappa shape index (κ3) is 5.29. The molecule has 116 valence electrons. The Hall–Kier alpha value is -2.31. The Balaban J connectivity index is 2.40. The number of carbonyl (C=O) groups is 3. The van der Waals surface area contributed by atoms with Gasteiger partial charge in [0.05, 0.1) is 6.26 Å². The molecule has 0 bridgehead atoms. The molecule has 1 unspecified atom stereocenters. The highest BCUT2D eigenvalue weighted by Gasteiger charge is 2.32. The number of nitrogens with one attached hydrogen (secondary N) is 2. The van der Waals surface area contributed by atoms with Gasteiger partial charge in [0, 0.05) is 13.0 Å². The first-order valence-corrected chi connectivity index (χ1v) is 6.55. The van der Waals surface area contributed by atoms with Crippen LogP contribution in [-0.4, -0.2) is 35.5 Å². The molecule has 1 aromatic heterocycles. The summed E-state index contributed by atoms with van der Waals surface area (Å²) in [5, 5.41) is 14.1. The molecule has 0 aromatic carbocycles.